The first-order valence-electron chi connectivity index (χ1n) is 10.7. The van der Waals surface area contributed by atoms with Gasteiger partial charge in [-0.1, -0.05) is 36.4 Å². The summed E-state index contributed by atoms with van der Waals surface area (Å²) < 4.78 is 15.8. The Morgan fingerprint density at radius 2 is 1.73 bits per heavy atom. The van der Waals surface area contributed by atoms with Crippen LogP contribution in [0.15, 0.2) is 60.7 Å². The zero-order valence-corrected chi connectivity index (χ0v) is 16.9. The van der Waals surface area contributed by atoms with E-state index in [0.717, 1.165) is 42.9 Å². The number of hydrogen-bond acceptors (Lipinski definition) is 2. The van der Waals surface area contributed by atoms with Crippen molar-refractivity contribution in [2.24, 2.45) is 0 Å². The molecule has 1 aromatic heterocycles. The standard InChI is InChI=1S/C24H25FN4O/c25-21-9-5-4-6-19(21)17-27-12-14-28(15-13-27)24(30)23-16-22(18-10-11-18)26-29(23)20-7-2-1-3-8-20/h1-9,16,18H,10-15,17H2/p+1. The molecule has 2 aromatic carbocycles. The minimum absolute atomic E-state index is 0.0307. The molecule has 5 rings (SSSR count). The van der Waals surface area contributed by atoms with E-state index in [1.807, 2.05) is 53.4 Å². The molecule has 30 heavy (non-hydrogen) atoms. The number of amides is 1. The maximum Gasteiger partial charge on any atom is 0.273 e. The molecule has 1 saturated carbocycles. The van der Waals surface area contributed by atoms with Crippen LogP contribution in [0.25, 0.3) is 5.69 Å². The van der Waals surface area contributed by atoms with Gasteiger partial charge in [0.2, 0.25) is 0 Å². The van der Waals surface area contributed by atoms with Crippen LogP contribution in [-0.2, 0) is 6.54 Å². The summed E-state index contributed by atoms with van der Waals surface area (Å²) in [5, 5.41) is 4.76. The molecule has 1 aliphatic heterocycles. The van der Waals surface area contributed by atoms with E-state index < -0.39 is 0 Å². The molecule has 2 aliphatic rings. The zero-order valence-electron chi connectivity index (χ0n) is 16.9. The number of aromatic nitrogens is 2. The number of quaternary nitrogens is 1. The third kappa shape index (κ3) is 3.87. The molecule has 1 N–H and O–H groups in total. The van der Waals surface area contributed by atoms with Gasteiger partial charge >= 0.3 is 0 Å². The van der Waals surface area contributed by atoms with E-state index in [1.165, 1.54) is 11.0 Å². The molecule has 2 heterocycles. The second kappa shape index (κ2) is 8.03. The number of nitrogens with one attached hydrogen (secondary N) is 1. The summed E-state index contributed by atoms with van der Waals surface area (Å²) in [5.41, 5.74) is 3.31. The van der Waals surface area contributed by atoms with Gasteiger partial charge in [0.1, 0.15) is 18.1 Å². The van der Waals surface area contributed by atoms with Gasteiger partial charge < -0.3 is 9.80 Å². The van der Waals surface area contributed by atoms with Crippen molar-refractivity contribution >= 4 is 5.91 Å². The molecule has 1 amide bonds. The molecular weight excluding hydrogens is 379 g/mol. The van der Waals surface area contributed by atoms with Crippen molar-refractivity contribution in [1.82, 2.24) is 14.7 Å². The number of piperazine rings is 1. The van der Waals surface area contributed by atoms with Crippen LogP contribution in [-0.4, -0.2) is 46.8 Å². The third-order valence-corrected chi connectivity index (χ3v) is 6.10. The minimum atomic E-state index is -0.150. The van der Waals surface area contributed by atoms with Gasteiger partial charge in [-0.3, -0.25) is 4.79 Å². The van der Waals surface area contributed by atoms with Gasteiger partial charge in [-0.25, -0.2) is 9.07 Å². The highest BCUT2D eigenvalue weighted by Gasteiger charge is 2.32. The minimum Gasteiger partial charge on any atom is -0.328 e. The number of rotatable bonds is 5. The molecule has 1 saturated heterocycles. The lowest BCUT2D eigenvalue weighted by Gasteiger charge is -2.32. The van der Waals surface area contributed by atoms with Crippen LogP contribution in [0.2, 0.25) is 0 Å². The molecule has 154 valence electrons. The van der Waals surface area contributed by atoms with Crippen LogP contribution >= 0.6 is 0 Å². The lowest BCUT2D eigenvalue weighted by molar-refractivity contribution is -0.917. The van der Waals surface area contributed by atoms with E-state index in [-0.39, 0.29) is 11.7 Å². The maximum atomic E-state index is 14.0. The van der Waals surface area contributed by atoms with Gasteiger partial charge in [-0.05, 0) is 37.1 Å². The van der Waals surface area contributed by atoms with Crippen molar-refractivity contribution in [3.05, 3.63) is 83.4 Å². The Morgan fingerprint density at radius 3 is 2.43 bits per heavy atom. The molecular formula is C24H26FN4O+. The Morgan fingerprint density at radius 1 is 1.03 bits per heavy atom. The molecule has 0 spiro atoms. The molecule has 1 aliphatic carbocycles. The average molecular weight is 405 g/mol. The van der Waals surface area contributed by atoms with Gasteiger partial charge in [-0.2, -0.15) is 5.10 Å². The summed E-state index contributed by atoms with van der Waals surface area (Å²) in [6.07, 6.45) is 2.30. The van der Waals surface area contributed by atoms with Gasteiger partial charge in [0.05, 0.1) is 37.6 Å². The van der Waals surface area contributed by atoms with Gasteiger partial charge in [-0.15, -0.1) is 0 Å². The first-order valence-corrected chi connectivity index (χ1v) is 10.7. The Hall–Kier alpha value is -2.99. The Labute approximate surface area is 175 Å². The number of hydrogen-bond donors (Lipinski definition) is 1. The highest BCUT2D eigenvalue weighted by molar-refractivity contribution is 5.93. The van der Waals surface area contributed by atoms with E-state index in [2.05, 4.69) is 0 Å². The highest BCUT2D eigenvalue weighted by Crippen LogP contribution is 2.39. The summed E-state index contributed by atoms with van der Waals surface area (Å²) in [5.74, 6) is 0.370. The van der Waals surface area contributed by atoms with Crippen LogP contribution in [0.5, 0.6) is 0 Å². The summed E-state index contributed by atoms with van der Waals surface area (Å²) in [6.45, 7) is 3.62. The highest BCUT2D eigenvalue weighted by atomic mass is 19.1. The monoisotopic (exact) mass is 405 g/mol. The van der Waals surface area contributed by atoms with Gasteiger partial charge in [0, 0.05) is 11.5 Å². The van der Waals surface area contributed by atoms with E-state index in [0.29, 0.717) is 31.2 Å². The van der Waals surface area contributed by atoms with Crippen LogP contribution in [0.3, 0.4) is 0 Å². The number of nitrogens with zero attached hydrogens (tertiary/aromatic N) is 3. The Kier molecular flexibility index (Phi) is 5.09. The van der Waals surface area contributed by atoms with E-state index in [9.17, 15) is 9.18 Å². The lowest BCUT2D eigenvalue weighted by Crippen LogP contribution is -3.13. The number of carbonyl (C=O) groups is 1. The summed E-state index contributed by atoms with van der Waals surface area (Å²) in [7, 11) is 0. The van der Waals surface area contributed by atoms with Crippen molar-refractivity contribution in [3.63, 3.8) is 0 Å². The Balaban J connectivity index is 1.30. The van der Waals surface area contributed by atoms with E-state index in [4.69, 9.17) is 5.10 Å². The van der Waals surface area contributed by atoms with Crippen LogP contribution in [0, 0.1) is 5.82 Å². The van der Waals surface area contributed by atoms with Crippen molar-refractivity contribution in [2.45, 2.75) is 25.3 Å². The topological polar surface area (TPSA) is 42.6 Å². The first kappa shape index (κ1) is 19.0. The molecule has 0 unspecified atom stereocenters. The number of carbonyl (C=O) groups excluding carboxylic acids is 1. The van der Waals surface area contributed by atoms with Crippen molar-refractivity contribution in [1.29, 1.82) is 0 Å². The van der Waals surface area contributed by atoms with Gasteiger partial charge in [0.15, 0.2) is 0 Å². The van der Waals surface area contributed by atoms with Crippen molar-refractivity contribution < 1.29 is 14.1 Å². The second-order valence-electron chi connectivity index (χ2n) is 8.29. The predicted molar refractivity (Wildman–Crippen MR) is 112 cm³/mol. The number of halogens is 1. The van der Waals surface area contributed by atoms with Crippen LogP contribution in [0.4, 0.5) is 4.39 Å². The molecule has 6 heteroatoms. The third-order valence-electron chi connectivity index (χ3n) is 6.10. The first-order chi connectivity index (χ1) is 14.7. The quantitative estimate of drug-likeness (QED) is 0.709. The molecule has 5 nitrogen and oxygen atoms in total. The fraction of sp³-hybridized carbons (Fsp3) is 0.333. The Bertz CT molecular complexity index is 1040. The molecule has 2 fully saturated rings. The van der Waals surface area contributed by atoms with E-state index in [1.54, 1.807) is 10.7 Å². The number of benzene rings is 2. The molecule has 3 aromatic rings. The number of para-hydroxylation sites is 1. The summed E-state index contributed by atoms with van der Waals surface area (Å²) in [4.78, 5) is 16.6. The largest absolute Gasteiger partial charge is 0.328 e. The fourth-order valence-electron chi connectivity index (χ4n) is 4.17. The van der Waals surface area contributed by atoms with Crippen molar-refractivity contribution in [2.75, 3.05) is 26.2 Å². The van der Waals surface area contributed by atoms with Crippen LogP contribution in [0.1, 0.15) is 40.5 Å². The lowest BCUT2D eigenvalue weighted by atomic mass is 10.1. The smallest absolute Gasteiger partial charge is 0.273 e. The molecule has 0 atom stereocenters. The summed E-state index contributed by atoms with van der Waals surface area (Å²) >= 11 is 0. The predicted octanol–water partition coefficient (Wildman–Crippen LogP) is 2.43. The average Bonchev–Trinajstić information content (AvgIpc) is 3.54. The summed E-state index contributed by atoms with van der Waals surface area (Å²) in [6, 6.07) is 18.8. The van der Waals surface area contributed by atoms with E-state index >= 15 is 0 Å². The molecule has 0 radical (unpaired) electrons. The van der Waals surface area contributed by atoms with Gasteiger partial charge in [0.25, 0.3) is 5.91 Å². The molecule has 0 bridgehead atoms. The normalized spacial score (nSPS) is 17.3. The maximum absolute atomic E-state index is 14.0. The van der Waals surface area contributed by atoms with Crippen molar-refractivity contribution in [3.8, 4) is 5.69 Å². The fourth-order valence-corrected chi connectivity index (χ4v) is 4.17. The SMILES string of the molecule is O=C(c1cc(C2CC2)nn1-c1ccccc1)N1CC[NH+](Cc2ccccc2F)CC1. The zero-order chi connectivity index (χ0) is 20.5. The second-order valence-corrected chi connectivity index (χ2v) is 8.29. The van der Waals surface area contributed by atoms with Crippen LogP contribution < -0.4 is 4.90 Å².